The van der Waals surface area contributed by atoms with E-state index in [4.69, 9.17) is 11.6 Å². The minimum absolute atomic E-state index is 0.254. The fraction of sp³-hybridized carbons (Fsp3) is 0.308. The van der Waals surface area contributed by atoms with Gasteiger partial charge in [-0.2, -0.15) is 5.10 Å². The van der Waals surface area contributed by atoms with Gasteiger partial charge >= 0.3 is 0 Å². The Morgan fingerprint density at radius 2 is 2.11 bits per heavy atom. The molecular formula is C13H15ClFN3. The largest absolute Gasteiger partial charge is 0.379 e. The van der Waals surface area contributed by atoms with Crippen molar-refractivity contribution in [2.75, 3.05) is 5.32 Å². The average Bonchev–Trinajstić information content (AvgIpc) is 2.55. The Morgan fingerprint density at radius 1 is 1.39 bits per heavy atom. The quantitative estimate of drug-likeness (QED) is 0.923. The van der Waals surface area contributed by atoms with E-state index in [0.717, 1.165) is 22.6 Å². The van der Waals surface area contributed by atoms with E-state index >= 15 is 0 Å². The number of aryl methyl sites for hydroxylation is 3. The van der Waals surface area contributed by atoms with E-state index in [1.165, 1.54) is 12.1 Å². The van der Waals surface area contributed by atoms with E-state index in [-0.39, 0.29) is 5.82 Å². The normalized spacial score (nSPS) is 10.7. The van der Waals surface area contributed by atoms with Crippen LogP contribution in [0.1, 0.15) is 17.0 Å². The van der Waals surface area contributed by atoms with E-state index in [1.807, 2.05) is 20.9 Å². The first-order valence-electron chi connectivity index (χ1n) is 5.67. The lowest BCUT2D eigenvalue weighted by Gasteiger charge is -2.10. The van der Waals surface area contributed by atoms with Crippen LogP contribution < -0.4 is 5.32 Å². The van der Waals surface area contributed by atoms with Crippen LogP contribution in [0.5, 0.6) is 0 Å². The first kappa shape index (κ1) is 12.9. The highest BCUT2D eigenvalue weighted by Gasteiger charge is 2.11. The van der Waals surface area contributed by atoms with Crippen LogP contribution in [0.25, 0.3) is 0 Å². The molecule has 0 bridgehead atoms. The zero-order chi connectivity index (χ0) is 13.3. The summed E-state index contributed by atoms with van der Waals surface area (Å²) in [6.07, 6.45) is 0. The number of nitrogens with zero attached hydrogens (tertiary/aromatic N) is 2. The van der Waals surface area contributed by atoms with Gasteiger partial charge in [0.25, 0.3) is 0 Å². The molecule has 18 heavy (non-hydrogen) atoms. The van der Waals surface area contributed by atoms with Crippen molar-refractivity contribution in [2.24, 2.45) is 7.05 Å². The molecule has 1 aromatic carbocycles. The van der Waals surface area contributed by atoms with Gasteiger partial charge in [-0.05, 0) is 31.5 Å². The molecule has 1 heterocycles. The molecule has 0 aliphatic rings. The Bertz CT molecular complexity index is 578. The molecule has 2 rings (SSSR count). The number of hydrogen-bond acceptors (Lipinski definition) is 2. The number of benzene rings is 1. The number of aromatic nitrogens is 2. The summed E-state index contributed by atoms with van der Waals surface area (Å²) in [5.41, 5.74) is 3.45. The second-order valence-corrected chi connectivity index (χ2v) is 4.66. The molecule has 1 N–H and O–H groups in total. The van der Waals surface area contributed by atoms with Gasteiger partial charge in [-0.1, -0.05) is 17.7 Å². The lowest BCUT2D eigenvalue weighted by Crippen LogP contribution is -2.07. The van der Waals surface area contributed by atoms with Crippen molar-refractivity contribution < 1.29 is 4.39 Å². The second kappa shape index (κ2) is 4.98. The summed E-state index contributed by atoms with van der Waals surface area (Å²) in [5.74, 6) is -0.254. The predicted octanol–water partition coefficient (Wildman–Crippen LogP) is 3.44. The van der Waals surface area contributed by atoms with Crippen molar-refractivity contribution in [1.82, 2.24) is 9.78 Å². The maximum atomic E-state index is 13.2. The highest BCUT2D eigenvalue weighted by molar-refractivity contribution is 6.31. The van der Waals surface area contributed by atoms with Crippen molar-refractivity contribution in [3.63, 3.8) is 0 Å². The molecule has 0 spiro atoms. The molecule has 0 atom stereocenters. The maximum absolute atomic E-state index is 13.2. The zero-order valence-electron chi connectivity index (χ0n) is 10.6. The smallest absolute Gasteiger partial charge is 0.125 e. The molecule has 0 radical (unpaired) electrons. The highest BCUT2D eigenvalue weighted by Crippen LogP contribution is 2.22. The van der Waals surface area contributed by atoms with E-state index in [2.05, 4.69) is 10.4 Å². The van der Waals surface area contributed by atoms with Gasteiger partial charge in [-0.3, -0.25) is 4.68 Å². The van der Waals surface area contributed by atoms with Crippen LogP contribution in [-0.2, 0) is 13.6 Å². The molecule has 2 aromatic rings. The Labute approximate surface area is 111 Å². The topological polar surface area (TPSA) is 29.9 Å². The van der Waals surface area contributed by atoms with Crippen molar-refractivity contribution in [2.45, 2.75) is 20.4 Å². The third-order valence-electron chi connectivity index (χ3n) is 2.91. The van der Waals surface area contributed by atoms with Gasteiger partial charge in [0.05, 0.1) is 23.0 Å². The van der Waals surface area contributed by atoms with Crippen LogP contribution in [-0.4, -0.2) is 9.78 Å². The number of nitrogens with one attached hydrogen (secondary N) is 1. The third-order valence-corrected chi connectivity index (χ3v) is 3.40. The molecular weight excluding hydrogens is 253 g/mol. The summed E-state index contributed by atoms with van der Waals surface area (Å²) in [5, 5.41) is 8.07. The number of halogens is 2. The summed E-state index contributed by atoms with van der Waals surface area (Å²) in [6.45, 7) is 4.30. The first-order valence-corrected chi connectivity index (χ1v) is 6.05. The van der Waals surface area contributed by atoms with Crippen LogP contribution in [0.15, 0.2) is 18.2 Å². The van der Waals surface area contributed by atoms with Gasteiger partial charge < -0.3 is 5.32 Å². The van der Waals surface area contributed by atoms with Crippen molar-refractivity contribution >= 4 is 17.3 Å². The number of hydrogen-bond donors (Lipinski definition) is 1. The highest BCUT2D eigenvalue weighted by atomic mass is 35.5. The maximum Gasteiger partial charge on any atom is 0.125 e. The van der Waals surface area contributed by atoms with Crippen LogP contribution in [0.3, 0.4) is 0 Å². The minimum Gasteiger partial charge on any atom is -0.379 e. The fourth-order valence-corrected chi connectivity index (χ4v) is 2.06. The molecule has 0 unspecified atom stereocenters. The number of rotatable bonds is 3. The lowest BCUT2D eigenvalue weighted by molar-refractivity contribution is 0.627. The van der Waals surface area contributed by atoms with Crippen molar-refractivity contribution in [3.05, 3.63) is 46.0 Å². The van der Waals surface area contributed by atoms with Crippen molar-refractivity contribution in [1.29, 1.82) is 0 Å². The molecule has 0 saturated carbocycles. The monoisotopic (exact) mass is 267 g/mol. The molecule has 0 amide bonds. The van der Waals surface area contributed by atoms with Crippen LogP contribution in [0, 0.1) is 19.7 Å². The fourth-order valence-electron chi connectivity index (χ4n) is 1.84. The molecule has 5 heteroatoms. The van der Waals surface area contributed by atoms with Gasteiger partial charge in [-0.15, -0.1) is 0 Å². The molecule has 96 valence electrons. The van der Waals surface area contributed by atoms with E-state index in [0.29, 0.717) is 11.6 Å². The van der Waals surface area contributed by atoms with Crippen LogP contribution in [0.4, 0.5) is 10.1 Å². The second-order valence-electron chi connectivity index (χ2n) is 4.28. The van der Waals surface area contributed by atoms with Gasteiger partial charge in [0.1, 0.15) is 5.82 Å². The Hall–Kier alpha value is -1.55. The average molecular weight is 268 g/mol. The zero-order valence-corrected chi connectivity index (χ0v) is 11.3. The SMILES string of the molecule is Cc1ccc(F)cc1NCc1c(Cl)c(C)nn1C. The van der Waals surface area contributed by atoms with E-state index in [9.17, 15) is 4.39 Å². The predicted molar refractivity (Wildman–Crippen MR) is 71.4 cm³/mol. The van der Waals surface area contributed by atoms with Crippen LogP contribution >= 0.6 is 11.6 Å². The summed E-state index contributed by atoms with van der Waals surface area (Å²) in [7, 11) is 1.84. The van der Waals surface area contributed by atoms with Gasteiger partial charge in [-0.25, -0.2) is 4.39 Å². The summed E-state index contributed by atoms with van der Waals surface area (Å²) < 4.78 is 14.9. The Morgan fingerprint density at radius 3 is 2.72 bits per heavy atom. The Balaban J connectivity index is 2.19. The Kier molecular flexibility index (Phi) is 3.57. The van der Waals surface area contributed by atoms with E-state index in [1.54, 1.807) is 10.7 Å². The summed E-state index contributed by atoms with van der Waals surface area (Å²) >= 11 is 6.15. The standard InChI is InChI=1S/C13H15ClFN3/c1-8-4-5-10(15)6-11(8)16-7-12-13(14)9(2)17-18(12)3/h4-6,16H,7H2,1-3H3. The van der Waals surface area contributed by atoms with Gasteiger partial charge in [0.2, 0.25) is 0 Å². The number of anilines is 1. The van der Waals surface area contributed by atoms with Crippen molar-refractivity contribution in [3.8, 4) is 0 Å². The molecule has 0 aliphatic carbocycles. The minimum atomic E-state index is -0.254. The van der Waals surface area contributed by atoms with Gasteiger partial charge in [0.15, 0.2) is 0 Å². The van der Waals surface area contributed by atoms with Gasteiger partial charge in [0, 0.05) is 12.7 Å². The molecule has 3 nitrogen and oxygen atoms in total. The van der Waals surface area contributed by atoms with Crippen LogP contribution in [0.2, 0.25) is 5.02 Å². The third kappa shape index (κ3) is 2.48. The molecule has 0 saturated heterocycles. The summed E-state index contributed by atoms with van der Waals surface area (Å²) in [6, 6.07) is 4.67. The molecule has 0 fully saturated rings. The van der Waals surface area contributed by atoms with E-state index < -0.39 is 0 Å². The lowest BCUT2D eigenvalue weighted by atomic mass is 10.2. The summed E-state index contributed by atoms with van der Waals surface area (Å²) in [4.78, 5) is 0. The molecule has 1 aromatic heterocycles. The first-order chi connectivity index (χ1) is 8.49. The molecule has 0 aliphatic heterocycles.